The molecule has 0 N–H and O–H groups in total. The van der Waals surface area contributed by atoms with Gasteiger partial charge in [-0.1, -0.05) is 188 Å². The summed E-state index contributed by atoms with van der Waals surface area (Å²) in [5, 5.41) is 0. The zero-order chi connectivity index (χ0) is 33.5. The molecule has 2 nitrogen and oxygen atoms in total. The molecule has 0 unspecified atom stereocenters. The number of nitrogens with zero attached hydrogens (tertiary/aromatic N) is 2. The summed E-state index contributed by atoms with van der Waals surface area (Å²) < 4.78 is 0. The van der Waals surface area contributed by atoms with Crippen LogP contribution in [-0.2, 0) is 5.41 Å². The molecule has 50 heavy (non-hydrogen) atoms. The van der Waals surface area contributed by atoms with E-state index in [1.165, 1.54) is 44.5 Å². The van der Waals surface area contributed by atoms with Crippen molar-refractivity contribution >= 4 is 0 Å². The van der Waals surface area contributed by atoms with Crippen LogP contribution in [0.5, 0.6) is 0 Å². The third kappa shape index (κ3) is 4.72. The Balaban J connectivity index is 1.22. The molecule has 1 aliphatic rings. The number of hydrogen-bond donors (Lipinski definition) is 0. The molecular weight excluding hydrogens is 605 g/mol. The van der Waals surface area contributed by atoms with E-state index in [0.717, 1.165) is 39.5 Å². The van der Waals surface area contributed by atoms with E-state index in [1.54, 1.807) is 0 Å². The molecule has 1 heterocycles. The minimum absolute atomic E-state index is 0.426. The Morgan fingerprint density at radius 1 is 0.360 bits per heavy atom. The van der Waals surface area contributed by atoms with E-state index in [2.05, 4.69) is 171 Å². The number of rotatable bonds is 6. The fourth-order valence-corrected chi connectivity index (χ4v) is 7.93. The molecule has 1 aliphatic carbocycles. The summed E-state index contributed by atoms with van der Waals surface area (Å²) in [5.41, 5.74) is 15.8. The molecule has 236 valence electrons. The summed E-state index contributed by atoms with van der Waals surface area (Å²) in [6.45, 7) is 2.13. The summed E-state index contributed by atoms with van der Waals surface area (Å²) in [5.74, 6) is 0.727. The Labute approximate surface area is 293 Å². The zero-order valence-corrected chi connectivity index (χ0v) is 27.8. The summed E-state index contributed by atoms with van der Waals surface area (Å²) in [6, 6.07) is 67.3. The number of fused-ring (bicyclic) bond motifs is 3. The third-order valence-electron chi connectivity index (χ3n) is 10.2. The average Bonchev–Trinajstić information content (AvgIpc) is 3.51. The van der Waals surface area contributed by atoms with Crippen LogP contribution in [0.25, 0.3) is 56.2 Å². The quantitative estimate of drug-likeness (QED) is 0.181. The fourth-order valence-electron chi connectivity index (χ4n) is 7.93. The van der Waals surface area contributed by atoms with Crippen molar-refractivity contribution in [3.05, 3.63) is 216 Å². The first-order valence-corrected chi connectivity index (χ1v) is 17.2. The lowest BCUT2D eigenvalue weighted by Gasteiger charge is -2.34. The van der Waals surface area contributed by atoms with Gasteiger partial charge in [-0.25, -0.2) is 9.97 Å². The van der Waals surface area contributed by atoms with Crippen molar-refractivity contribution in [2.45, 2.75) is 12.3 Å². The van der Waals surface area contributed by atoms with Gasteiger partial charge < -0.3 is 0 Å². The SMILES string of the molecule is Cc1c(-c2ccccc2)nc(-c2ccccc2)nc1-c1ccc(-c2cccc3c2-c2ccccc2C3(c2ccccc2)c2ccccc2)cc1. The van der Waals surface area contributed by atoms with E-state index in [1.807, 2.05) is 24.3 Å². The van der Waals surface area contributed by atoms with E-state index in [9.17, 15) is 0 Å². The highest BCUT2D eigenvalue weighted by Crippen LogP contribution is 2.58. The predicted molar refractivity (Wildman–Crippen MR) is 206 cm³/mol. The molecule has 0 amide bonds. The molecule has 7 aromatic carbocycles. The van der Waals surface area contributed by atoms with E-state index in [4.69, 9.17) is 9.97 Å². The van der Waals surface area contributed by atoms with Gasteiger partial charge in [-0.15, -0.1) is 0 Å². The molecule has 2 heteroatoms. The van der Waals surface area contributed by atoms with Crippen LogP contribution in [0.15, 0.2) is 188 Å². The highest BCUT2D eigenvalue weighted by atomic mass is 14.9. The summed E-state index contributed by atoms with van der Waals surface area (Å²) >= 11 is 0. The van der Waals surface area contributed by atoms with Gasteiger partial charge in [0.15, 0.2) is 5.82 Å². The average molecular weight is 639 g/mol. The molecule has 0 saturated heterocycles. The first-order chi connectivity index (χ1) is 24.7. The molecular formula is C48H34N2. The lowest BCUT2D eigenvalue weighted by Crippen LogP contribution is -2.28. The van der Waals surface area contributed by atoms with E-state index in [-0.39, 0.29) is 0 Å². The van der Waals surface area contributed by atoms with Crippen molar-refractivity contribution in [2.24, 2.45) is 0 Å². The third-order valence-corrected chi connectivity index (χ3v) is 10.2. The Kier molecular flexibility index (Phi) is 7.29. The van der Waals surface area contributed by atoms with Crippen LogP contribution in [0.4, 0.5) is 0 Å². The zero-order valence-electron chi connectivity index (χ0n) is 27.8. The van der Waals surface area contributed by atoms with Crippen LogP contribution in [-0.4, -0.2) is 9.97 Å². The van der Waals surface area contributed by atoms with Gasteiger partial charge in [0.05, 0.1) is 16.8 Å². The molecule has 1 aromatic heterocycles. The van der Waals surface area contributed by atoms with E-state index >= 15 is 0 Å². The molecule has 0 aliphatic heterocycles. The Morgan fingerprint density at radius 3 is 1.40 bits per heavy atom. The van der Waals surface area contributed by atoms with Crippen molar-refractivity contribution in [3.8, 4) is 56.2 Å². The molecule has 8 aromatic rings. The highest BCUT2D eigenvalue weighted by Gasteiger charge is 2.46. The lowest BCUT2D eigenvalue weighted by molar-refractivity contribution is 0.768. The summed E-state index contributed by atoms with van der Waals surface area (Å²) in [4.78, 5) is 10.2. The first kappa shape index (κ1) is 29.7. The summed E-state index contributed by atoms with van der Waals surface area (Å²) in [7, 11) is 0. The van der Waals surface area contributed by atoms with Crippen molar-refractivity contribution in [3.63, 3.8) is 0 Å². The van der Waals surface area contributed by atoms with Gasteiger partial charge >= 0.3 is 0 Å². The van der Waals surface area contributed by atoms with Gasteiger partial charge in [0.1, 0.15) is 0 Å². The molecule has 0 saturated carbocycles. The molecule has 0 radical (unpaired) electrons. The van der Waals surface area contributed by atoms with Gasteiger partial charge in [-0.05, 0) is 51.4 Å². The standard InChI is InChI=1S/C48H34N2/c1-33-45(35-17-6-2-7-18-35)49-47(37-19-8-3-9-20-37)50-46(33)36-31-29-34(30-32-36)40-26-16-28-43-44(40)41-25-14-15-27-42(41)48(43,38-21-10-4-11-22-38)39-23-12-5-13-24-39/h2-32H,1H3. The minimum Gasteiger partial charge on any atom is -0.228 e. The topological polar surface area (TPSA) is 25.8 Å². The second-order valence-corrected chi connectivity index (χ2v) is 12.9. The largest absolute Gasteiger partial charge is 0.228 e. The minimum atomic E-state index is -0.426. The molecule has 0 bridgehead atoms. The van der Waals surface area contributed by atoms with Gasteiger partial charge in [0, 0.05) is 22.3 Å². The second-order valence-electron chi connectivity index (χ2n) is 12.9. The lowest BCUT2D eigenvalue weighted by atomic mass is 9.67. The number of hydrogen-bond acceptors (Lipinski definition) is 2. The number of benzene rings is 7. The smallest absolute Gasteiger partial charge is 0.160 e. The van der Waals surface area contributed by atoms with Crippen molar-refractivity contribution < 1.29 is 0 Å². The fraction of sp³-hybridized carbons (Fsp3) is 0.0417. The maximum Gasteiger partial charge on any atom is 0.160 e. The maximum absolute atomic E-state index is 5.16. The Bertz CT molecular complexity index is 2410. The van der Waals surface area contributed by atoms with Crippen LogP contribution >= 0.6 is 0 Å². The van der Waals surface area contributed by atoms with Crippen molar-refractivity contribution in [2.75, 3.05) is 0 Å². The van der Waals surface area contributed by atoms with Crippen LogP contribution < -0.4 is 0 Å². The Hall–Kier alpha value is -6.38. The molecule has 0 spiro atoms. The van der Waals surface area contributed by atoms with Crippen LogP contribution in [0.3, 0.4) is 0 Å². The molecule has 0 fully saturated rings. The normalized spacial score (nSPS) is 12.7. The number of aromatic nitrogens is 2. The molecule has 0 atom stereocenters. The van der Waals surface area contributed by atoms with Crippen LogP contribution in [0, 0.1) is 6.92 Å². The molecule has 9 rings (SSSR count). The second kappa shape index (κ2) is 12.3. The Morgan fingerprint density at radius 2 is 0.800 bits per heavy atom. The maximum atomic E-state index is 5.16. The van der Waals surface area contributed by atoms with Crippen molar-refractivity contribution in [1.82, 2.24) is 9.97 Å². The predicted octanol–water partition coefficient (Wildman–Crippen LogP) is 11.8. The van der Waals surface area contributed by atoms with Gasteiger partial charge in [-0.2, -0.15) is 0 Å². The van der Waals surface area contributed by atoms with Gasteiger partial charge in [0.2, 0.25) is 0 Å². The van der Waals surface area contributed by atoms with E-state index in [0.29, 0.717) is 0 Å². The van der Waals surface area contributed by atoms with Crippen molar-refractivity contribution in [1.29, 1.82) is 0 Å². The van der Waals surface area contributed by atoms with E-state index < -0.39 is 5.41 Å². The highest BCUT2D eigenvalue weighted by molar-refractivity contribution is 5.95. The van der Waals surface area contributed by atoms with Gasteiger partial charge in [0.25, 0.3) is 0 Å². The van der Waals surface area contributed by atoms with Crippen LogP contribution in [0.2, 0.25) is 0 Å². The monoisotopic (exact) mass is 638 g/mol. The van der Waals surface area contributed by atoms with Gasteiger partial charge in [-0.3, -0.25) is 0 Å². The summed E-state index contributed by atoms with van der Waals surface area (Å²) in [6.07, 6.45) is 0. The first-order valence-electron chi connectivity index (χ1n) is 17.2. The van der Waals surface area contributed by atoms with Crippen LogP contribution in [0.1, 0.15) is 27.8 Å².